The van der Waals surface area contributed by atoms with E-state index in [9.17, 15) is 10.1 Å². The fraction of sp³-hybridized carbons (Fsp3) is 0.200. The molecule has 6 heteroatoms. The minimum atomic E-state index is -0.420. The monoisotopic (exact) mass is 325 g/mol. The van der Waals surface area contributed by atoms with Gasteiger partial charge in [-0.25, -0.2) is 0 Å². The molecule has 0 saturated carbocycles. The summed E-state index contributed by atoms with van der Waals surface area (Å²) in [6.45, 7) is 0.422. The number of ether oxygens (including phenoxy) is 1. The highest BCUT2D eigenvalue weighted by Crippen LogP contribution is 2.29. The van der Waals surface area contributed by atoms with Crippen molar-refractivity contribution in [2.45, 2.75) is 12.3 Å². The quantitative estimate of drug-likeness (QED) is 0.442. The van der Waals surface area contributed by atoms with Crippen LogP contribution in [-0.2, 0) is 12.3 Å². The molecule has 0 aliphatic heterocycles. The molecule has 0 saturated heterocycles. The molecular formula is C15H13Cl2NO3. The Bertz CT molecular complexity index is 629. The van der Waals surface area contributed by atoms with Crippen LogP contribution in [0, 0.1) is 10.1 Å². The van der Waals surface area contributed by atoms with Gasteiger partial charge in [0.05, 0.1) is 22.4 Å². The smallest absolute Gasteiger partial charge is 0.269 e. The van der Waals surface area contributed by atoms with E-state index in [1.54, 1.807) is 18.2 Å². The molecule has 0 aliphatic rings. The molecule has 21 heavy (non-hydrogen) atoms. The van der Waals surface area contributed by atoms with E-state index in [1.807, 2.05) is 12.1 Å². The fourth-order valence-corrected chi connectivity index (χ4v) is 2.33. The molecule has 0 bridgehead atoms. The second kappa shape index (κ2) is 7.29. The Balaban J connectivity index is 1.97. The second-order valence-corrected chi connectivity index (χ2v) is 5.06. The van der Waals surface area contributed by atoms with Gasteiger partial charge in [-0.1, -0.05) is 35.9 Å². The number of nitrogens with zero attached hydrogens (tertiary/aromatic N) is 1. The Hall–Kier alpha value is -1.78. The Kier molecular flexibility index (Phi) is 5.42. The number of benzene rings is 2. The molecule has 0 amide bonds. The molecule has 4 nitrogen and oxygen atoms in total. The van der Waals surface area contributed by atoms with E-state index in [-0.39, 0.29) is 5.69 Å². The lowest BCUT2D eigenvalue weighted by atomic mass is 10.1. The van der Waals surface area contributed by atoms with Crippen LogP contribution in [0.3, 0.4) is 0 Å². The summed E-state index contributed by atoms with van der Waals surface area (Å²) >= 11 is 11.9. The number of hydrogen-bond donors (Lipinski definition) is 0. The Morgan fingerprint density at radius 3 is 2.48 bits per heavy atom. The van der Waals surface area contributed by atoms with Gasteiger partial charge in [-0.2, -0.15) is 0 Å². The molecule has 2 rings (SSSR count). The van der Waals surface area contributed by atoms with Gasteiger partial charge in [0, 0.05) is 24.1 Å². The van der Waals surface area contributed by atoms with Crippen molar-refractivity contribution in [1.82, 2.24) is 0 Å². The minimum absolute atomic E-state index is 0.0789. The lowest BCUT2D eigenvalue weighted by Gasteiger charge is -2.11. The average Bonchev–Trinajstić information content (AvgIpc) is 2.49. The van der Waals surface area contributed by atoms with Crippen LogP contribution in [0.15, 0.2) is 42.5 Å². The van der Waals surface area contributed by atoms with Gasteiger partial charge < -0.3 is 4.74 Å². The maximum atomic E-state index is 10.6. The summed E-state index contributed by atoms with van der Waals surface area (Å²) in [5.74, 6) is 0.920. The van der Waals surface area contributed by atoms with Gasteiger partial charge in [0.25, 0.3) is 5.69 Å². The van der Waals surface area contributed by atoms with E-state index in [0.717, 1.165) is 11.1 Å². The molecule has 110 valence electrons. The molecule has 0 N–H and O–H groups in total. The molecule has 0 heterocycles. The van der Waals surface area contributed by atoms with Gasteiger partial charge >= 0.3 is 0 Å². The van der Waals surface area contributed by atoms with Crippen LogP contribution in [-0.4, -0.2) is 11.5 Å². The number of nitro groups is 1. The van der Waals surface area contributed by atoms with E-state index in [0.29, 0.717) is 29.7 Å². The first kappa shape index (κ1) is 15.6. The van der Waals surface area contributed by atoms with E-state index >= 15 is 0 Å². The second-order valence-electron chi connectivity index (χ2n) is 4.38. The van der Waals surface area contributed by atoms with Crippen LogP contribution in [0.2, 0.25) is 5.02 Å². The zero-order chi connectivity index (χ0) is 15.2. The summed E-state index contributed by atoms with van der Waals surface area (Å²) in [7, 11) is 0. The third-order valence-electron chi connectivity index (χ3n) is 2.98. The largest absolute Gasteiger partial charge is 0.491 e. The van der Waals surface area contributed by atoms with E-state index in [1.165, 1.54) is 12.1 Å². The highest BCUT2D eigenvalue weighted by molar-refractivity contribution is 6.32. The van der Waals surface area contributed by atoms with Crippen molar-refractivity contribution in [1.29, 1.82) is 0 Å². The molecule has 2 aromatic rings. The van der Waals surface area contributed by atoms with Crippen molar-refractivity contribution >= 4 is 28.9 Å². The molecule has 0 aliphatic carbocycles. The number of halogens is 2. The van der Waals surface area contributed by atoms with Crippen LogP contribution < -0.4 is 4.74 Å². The van der Waals surface area contributed by atoms with Gasteiger partial charge in [-0.3, -0.25) is 10.1 Å². The molecule has 0 atom stereocenters. The molecular weight excluding hydrogens is 313 g/mol. The number of alkyl halides is 1. The van der Waals surface area contributed by atoms with E-state index in [4.69, 9.17) is 27.9 Å². The van der Waals surface area contributed by atoms with Gasteiger partial charge in [-0.15, -0.1) is 11.6 Å². The topological polar surface area (TPSA) is 52.4 Å². The predicted molar refractivity (Wildman–Crippen MR) is 83.3 cm³/mol. The Morgan fingerprint density at radius 1 is 1.14 bits per heavy atom. The highest BCUT2D eigenvalue weighted by atomic mass is 35.5. The maximum absolute atomic E-state index is 10.6. The number of nitro benzene ring substituents is 1. The summed E-state index contributed by atoms with van der Waals surface area (Å²) in [6.07, 6.45) is 0.630. The summed E-state index contributed by atoms with van der Waals surface area (Å²) in [5.41, 5.74) is 1.88. The fourth-order valence-electron chi connectivity index (χ4n) is 1.88. The average molecular weight is 326 g/mol. The molecule has 0 spiro atoms. The van der Waals surface area contributed by atoms with Gasteiger partial charge in [0.15, 0.2) is 0 Å². The zero-order valence-electron chi connectivity index (χ0n) is 11.1. The van der Waals surface area contributed by atoms with Crippen LogP contribution in [0.5, 0.6) is 5.75 Å². The number of para-hydroxylation sites is 1. The molecule has 0 radical (unpaired) electrons. The normalized spacial score (nSPS) is 10.4. The molecule has 0 unspecified atom stereocenters. The summed E-state index contributed by atoms with van der Waals surface area (Å²) < 4.78 is 5.69. The summed E-state index contributed by atoms with van der Waals surface area (Å²) in [6, 6.07) is 11.8. The first-order valence-corrected chi connectivity index (χ1v) is 7.22. The van der Waals surface area contributed by atoms with Crippen LogP contribution >= 0.6 is 23.2 Å². The minimum Gasteiger partial charge on any atom is -0.491 e. The summed E-state index contributed by atoms with van der Waals surface area (Å²) in [4.78, 5) is 10.2. The van der Waals surface area contributed by atoms with Crippen molar-refractivity contribution in [3.05, 3.63) is 68.7 Å². The van der Waals surface area contributed by atoms with Crippen molar-refractivity contribution in [3.63, 3.8) is 0 Å². The van der Waals surface area contributed by atoms with Crippen molar-refractivity contribution in [2.75, 3.05) is 6.61 Å². The van der Waals surface area contributed by atoms with E-state index < -0.39 is 4.92 Å². The van der Waals surface area contributed by atoms with Gasteiger partial charge in [0.1, 0.15) is 5.75 Å². The van der Waals surface area contributed by atoms with Crippen molar-refractivity contribution in [3.8, 4) is 5.75 Å². The third kappa shape index (κ3) is 4.09. The first-order chi connectivity index (χ1) is 10.1. The number of non-ortho nitro benzene ring substituents is 1. The lowest BCUT2D eigenvalue weighted by Crippen LogP contribution is -2.03. The molecule has 0 aromatic heterocycles. The Labute approximate surface area is 132 Å². The first-order valence-electron chi connectivity index (χ1n) is 6.31. The van der Waals surface area contributed by atoms with Gasteiger partial charge in [-0.05, 0) is 11.6 Å². The lowest BCUT2D eigenvalue weighted by molar-refractivity contribution is -0.384. The van der Waals surface area contributed by atoms with Crippen LogP contribution in [0.1, 0.15) is 11.1 Å². The van der Waals surface area contributed by atoms with Crippen molar-refractivity contribution < 1.29 is 9.66 Å². The molecule has 0 fully saturated rings. The number of hydrogen-bond acceptors (Lipinski definition) is 3. The zero-order valence-corrected chi connectivity index (χ0v) is 12.6. The maximum Gasteiger partial charge on any atom is 0.269 e. The Morgan fingerprint density at radius 2 is 1.86 bits per heavy atom. The van der Waals surface area contributed by atoms with Crippen molar-refractivity contribution in [2.24, 2.45) is 0 Å². The summed E-state index contributed by atoms with van der Waals surface area (Å²) in [5, 5.41) is 11.1. The standard InChI is InChI=1S/C15H13Cl2NO3/c16-10-12-2-1-3-14(17)15(12)21-9-8-11-4-6-13(7-5-11)18(19)20/h1-7H,8-10H2. The van der Waals surface area contributed by atoms with Crippen LogP contribution in [0.25, 0.3) is 0 Å². The SMILES string of the molecule is O=[N+]([O-])c1ccc(CCOc2c(Cl)cccc2CCl)cc1. The van der Waals surface area contributed by atoms with Crippen LogP contribution in [0.4, 0.5) is 5.69 Å². The third-order valence-corrected chi connectivity index (χ3v) is 3.56. The molecule has 2 aromatic carbocycles. The predicted octanol–water partition coefficient (Wildman–Crippen LogP) is 4.61. The van der Waals surface area contributed by atoms with Gasteiger partial charge in [0.2, 0.25) is 0 Å². The number of rotatable bonds is 6. The highest BCUT2D eigenvalue weighted by Gasteiger charge is 2.08. The van der Waals surface area contributed by atoms with E-state index in [2.05, 4.69) is 0 Å².